The maximum atomic E-state index is 11.2. The fraction of sp³-hybridized carbons (Fsp3) is 0.200. The average molecular weight is 284 g/mol. The molecule has 0 aliphatic heterocycles. The standard InChI is InChI=1S/C10H12N4O4S/c1-2-18-10(15)12-6-3-4-7(13-9(11)19)8(5-6)14(16)17/h3-5H,2H2,1H3,(H,12,15)(H3,11,13,19). The number of nitro groups is 1. The Morgan fingerprint density at radius 3 is 2.74 bits per heavy atom. The number of hydrogen-bond acceptors (Lipinski definition) is 5. The van der Waals surface area contributed by atoms with E-state index in [1.807, 2.05) is 0 Å². The molecule has 8 nitrogen and oxygen atoms in total. The van der Waals surface area contributed by atoms with Gasteiger partial charge in [0.2, 0.25) is 0 Å². The molecule has 0 spiro atoms. The zero-order valence-electron chi connectivity index (χ0n) is 10.0. The van der Waals surface area contributed by atoms with E-state index in [1.165, 1.54) is 18.2 Å². The van der Waals surface area contributed by atoms with Crippen LogP contribution in [0, 0.1) is 10.1 Å². The first-order valence-electron chi connectivity index (χ1n) is 5.22. The van der Waals surface area contributed by atoms with Crippen LogP contribution in [-0.4, -0.2) is 22.7 Å². The van der Waals surface area contributed by atoms with Crippen LogP contribution < -0.4 is 16.4 Å². The number of rotatable bonds is 4. The minimum atomic E-state index is -0.688. The molecule has 1 amide bonds. The summed E-state index contributed by atoms with van der Waals surface area (Å²) < 4.78 is 4.66. The van der Waals surface area contributed by atoms with Crippen LogP contribution in [0.3, 0.4) is 0 Å². The van der Waals surface area contributed by atoms with Gasteiger partial charge in [-0.25, -0.2) is 4.79 Å². The first-order chi connectivity index (χ1) is 8.93. The number of ether oxygens (including phenoxy) is 1. The third kappa shape index (κ3) is 4.39. The Labute approximate surface area is 114 Å². The number of anilines is 2. The summed E-state index contributed by atoms with van der Waals surface area (Å²) in [5, 5.41) is 15.7. The first kappa shape index (κ1) is 14.6. The molecule has 0 fully saturated rings. The van der Waals surface area contributed by atoms with Gasteiger partial charge in [0.15, 0.2) is 5.11 Å². The van der Waals surface area contributed by atoms with Crippen LogP contribution >= 0.6 is 12.2 Å². The second-order valence-corrected chi connectivity index (χ2v) is 3.76. The smallest absolute Gasteiger partial charge is 0.411 e. The number of thiocarbonyl (C=S) groups is 1. The summed E-state index contributed by atoms with van der Waals surface area (Å²) >= 11 is 4.62. The van der Waals surface area contributed by atoms with Crippen LogP contribution in [0.25, 0.3) is 0 Å². The van der Waals surface area contributed by atoms with Crippen molar-refractivity contribution in [3.05, 3.63) is 28.3 Å². The van der Waals surface area contributed by atoms with Gasteiger partial charge in [-0.1, -0.05) is 0 Å². The Bertz CT molecular complexity index is 520. The van der Waals surface area contributed by atoms with E-state index >= 15 is 0 Å². The Morgan fingerprint density at radius 2 is 2.21 bits per heavy atom. The highest BCUT2D eigenvalue weighted by Crippen LogP contribution is 2.27. The molecule has 0 atom stereocenters. The number of nitrogens with two attached hydrogens (primary N) is 1. The number of benzene rings is 1. The Hall–Kier alpha value is -2.42. The average Bonchev–Trinajstić information content (AvgIpc) is 2.30. The number of nitrogens with zero attached hydrogens (tertiary/aromatic N) is 1. The van der Waals surface area contributed by atoms with Crippen molar-refractivity contribution >= 4 is 40.5 Å². The van der Waals surface area contributed by atoms with Gasteiger partial charge in [0.25, 0.3) is 5.69 Å². The van der Waals surface area contributed by atoms with E-state index in [-0.39, 0.29) is 28.8 Å². The monoisotopic (exact) mass is 284 g/mol. The number of carbonyl (C=O) groups is 1. The fourth-order valence-electron chi connectivity index (χ4n) is 1.28. The zero-order valence-corrected chi connectivity index (χ0v) is 10.8. The minimum absolute atomic E-state index is 0.0887. The summed E-state index contributed by atoms with van der Waals surface area (Å²) in [5.74, 6) is 0. The maximum absolute atomic E-state index is 11.2. The molecule has 19 heavy (non-hydrogen) atoms. The Balaban J connectivity index is 2.99. The molecule has 102 valence electrons. The molecule has 1 aromatic carbocycles. The van der Waals surface area contributed by atoms with Gasteiger partial charge in [0.1, 0.15) is 5.69 Å². The predicted molar refractivity (Wildman–Crippen MR) is 74.1 cm³/mol. The molecule has 0 aliphatic carbocycles. The summed E-state index contributed by atoms with van der Waals surface area (Å²) in [5.41, 5.74) is 5.38. The number of nitrogens with one attached hydrogen (secondary N) is 2. The number of amides is 1. The lowest BCUT2D eigenvalue weighted by Gasteiger charge is -2.08. The highest BCUT2D eigenvalue weighted by Gasteiger charge is 2.16. The van der Waals surface area contributed by atoms with E-state index in [4.69, 9.17) is 5.73 Å². The van der Waals surface area contributed by atoms with Gasteiger partial charge in [-0.3, -0.25) is 15.4 Å². The third-order valence-corrected chi connectivity index (χ3v) is 2.08. The van der Waals surface area contributed by atoms with E-state index in [0.29, 0.717) is 0 Å². The SMILES string of the molecule is CCOC(=O)Nc1ccc(NC(N)=S)c([N+](=O)[O-])c1. The summed E-state index contributed by atoms with van der Waals surface area (Å²) in [6.07, 6.45) is -0.688. The quantitative estimate of drug-likeness (QED) is 0.438. The van der Waals surface area contributed by atoms with E-state index in [9.17, 15) is 14.9 Å². The molecule has 0 radical (unpaired) electrons. The molecule has 0 heterocycles. The molecule has 0 aromatic heterocycles. The molecule has 0 bridgehead atoms. The van der Waals surface area contributed by atoms with E-state index in [1.54, 1.807) is 6.92 Å². The van der Waals surface area contributed by atoms with Crippen molar-refractivity contribution in [2.45, 2.75) is 6.92 Å². The summed E-state index contributed by atoms with van der Waals surface area (Å²) in [6.45, 7) is 1.85. The van der Waals surface area contributed by atoms with Gasteiger partial charge in [0.05, 0.1) is 17.2 Å². The lowest BCUT2D eigenvalue weighted by Crippen LogP contribution is -2.20. The molecule has 4 N–H and O–H groups in total. The highest BCUT2D eigenvalue weighted by atomic mass is 32.1. The van der Waals surface area contributed by atoms with Crippen LogP contribution in [-0.2, 0) is 4.74 Å². The van der Waals surface area contributed by atoms with Gasteiger partial charge in [0, 0.05) is 6.07 Å². The lowest BCUT2D eigenvalue weighted by atomic mass is 10.2. The van der Waals surface area contributed by atoms with Gasteiger partial charge in [-0.05, 0) is 31.3 Å². The van der Waals surface area contributed by atoms with Gasteiger partial charge >= 0.3 is 6.09 Å². The summed E-state index contributed by atoms with van der Waals surface area (Å²) in [6, 6.07) is 4.03. The predicted octanol–water partition coefficient (Wildman–Crippen LogP) is 1.82. The normalized spacial score (nSPS) is 9.53. The van der Waals surface area contributed by atoms with Gasteiger partial charge < -0.3 is 15.8 Å². The highest BCUT2D eigenvalue weighted by molar-refractivity contribution is 7.80. The molecule has 0 saturated heterocycles. The number of carbonyl (C=O) groups excluding carboxylic acids is 1. The molecule has 9 heteroatoms. The van der Waals surface area contributed by atoms with Crippen molar-refractivity contribution in [3.63, 3.8) is 0 Å². The third-order valence-electron chi connectivity index (χ3n) is 1.97. The number of hydrogen-bond donors (Lipinski definition) is 3. The van der Waals surface area contributed by atoms with Crippen LogP contribution in [0.1, 0.15) is 6.92 Å². The Kier molecular flexibility index (Phi) is 5.01. The molecular weight excluding hydrogens is 272 g/mol. The molecule has 1 aromatic rings. The van der Waals surface area contributed by atoms with Crippen molar-refractivity contribution in [3.8, 4) is 0 Å². The van der Waals surface area contributed by atoms with Crippen molar-refractivity contribution in [1.82, 2.24) is 0 Å². The Morgan fingerprint density at radius 1 is 1.53 bits per heavy atom. The van der Waals surface area contributed by atoms with E-state index in [0.717, 1.165) is 0 Å². The van der Waals surface area contributed by atoms with Crippen LogP contribution in [0.2, 0.25) is 0 Å². The van der Waals surface area contributed by atoms with Crippen LogP contribution in [0.15, 0.2) is 18.2 Å². The second kappa shape index (κ2) is 6.50. The minimum Gasteiger partial charge on any atom is -0.450 e. The number of nitro benzene ring substituents is 1. The van der Waals surface area contributed by atoms with Crippen molar-refractivity contribution < 1.29 is 14.5 Å². The molecule has 0 saturated carbocycles. The van der Waals surface area contributed by atoms with Crippen molar-refractivity contribution in [2.75, 3.05) is 17.2 Å². The molecule has 0 unspecified atom stereocenters. The largest absolute Gasteiger partial charge is 0.450 e. The summed E-state index contributed by atoms with van der Waals surface area (Å²) in [7, 11) is 0. The second-order valence-electron chi connectivity index (χ2n) is 3.32. The van der Waals surface area contributed by atoms with Crippen LogP contribution in [0.5, 0.6) is 0 Å². The fourth-order valence-corrected chi connectivity index (χ4v) is 1.39. The van der Waals surface area contributed by atoms with Crippen LogP contribution in [0.4, 0.5) is 21.9 Å². The molecule has 0 aliphatic rings. The van der Waals surface area contributed by atoms with Gasteiger partial charge in [-0.15, -0.1) is 0 Å². The lowest BCUT2D eigenvalue weighted by molar-refractivity contribution is -0.383. The van der Waals surface area contributed by atoms with Crippen molar-refractivity contribution in [2.24, 2.45) is 5.73 Å². The maximum Gasteiger partial charge on any atom is 0.411 e. The van der Waals surface area contributed by atoms with Gasteiger partial charge in [-0.2, -0.15) is 0 Å². The van der Waals surface area contributed by atoms with E-state index in [2.05, 4.69) is 27.6 Å². The first-order valence-corrected chi connectivity index (χ1v) is 5.63. The topological polar surface area (TPSA) is 120 Å². The summed E-state index contributed by atoms with van der Waals surface area (Å²) in [4.78, 5) is 21.5. The molecule has 1 rings (SSSR count). The van der Waals surface area contributed by atoms with Crippen molar-refractivity contribution in [1.29, 1.82) is 0 Å². The molecular formula is C10H12N4O4S. The zero-order chi connectivity index (χ0) is 14.4. The van der Waals surface area contributed by atoms with E-state index < -0.39 is 11.0 Å².